The second-order valence-corrected chi connectivity index (χ2v) is 5.47. The maximum absolute atomic E-state index is 6.12. The first-order valence-electron chi connectivity index (χ1n) is 7.25. The van der Waals surface area contributed by atoms with Crippen molar-refractivity contribution in [3.8, 4) is 5.75 Å². The fraction of sp³-hybridized carbons (Fsp3) is 0.625. The molecule has 0 aromatic heterocycles. The zero-order valence-electron chi connectivity index (χ0n) is 13.0. The lowest BCUT2D eigenvalue weighted by molar-refractivity contribution is 0.100. The Bertz CT molecular complexity index is 386. The van der Waals surface area contributed by atoms with Crippen molar-refractivity contribution < 1.29 is 9.47 Å². The molecule has 0 radical (unpaired) electrons. The van der Waals surface area contributed by atoms with Crippen LogP contribution in [0.15, 0.2) is 12.1 Å². The molecule has 1 N–H and O–H groups in total. The van der Waals surface area contributed by atoms with Crippen molar-refractivity contribution in [2.45, 2.75) is 40.2 Å². The number of rotatable bonds is 9. The zero-order chi connectivity index (χ0) is 15.0. The third kappa shape index (κ3) is 6.12. The highest BCUT2D eigenvalue weighted by atomic mass is 35.5. The maximum atomic E-state index is 6.12. The van der Waals surface area contributed by atoms with Gasteiger partial charge in [-0.25, -0.2) is 0 Å². The summed E-state index contributed by atoms with van der Waals surface area (Å²) in [5.74, 6) is 0.853. The lowest BCUT2D eigenvalue weighted by atomic mass is 10.1. The molecule has 1 aromatic carbocycles. The monoisotopic (exact) mass is 299 g/mol. The molecular weight excluding hydrogens is 274 g/mol. The van der Waals surface area contributed by atoms with Crippen molar-refractivity contribution in [3.05, 3.63) is 28.3 Å². The van der Waals surface area contributed by atoms with Crippen LogP contribution in [0.5, 0.6) is 5.75 Å². The Kier molecular flexibility index (Phi) is 7.97. The number of benzene rings is 1. The van der Waals surface area contributed by atoms with E-state index in [9.17, 15) is 0 Å². The molecule has 1 unspecified atom stereocenters. The van der Waals surface area contributed by atoms with Crippen molar-refractivity contribution in [2.24, 2.45) is 0 Å². The molecule has 0 aliphatic heterocycles. The average molecular weight is 300 g/mol. The summed E-state index contributed by atoms with van der Waals surface area (Å²) >= 11 is 6.12. The van der Waals surface area contributed by atoms with E-state index in [1.165, 1.54) is 0 Å². The molecule has 1 aromatic rings. The first-order valence-corrected chi connectivity index (χ1v) is 7.63. The minimum atomic E-state index is 0.551. The van der Waals surface area contributed by atoms with E-state index in [0.717, 1.165) is 34.9 Å². The van der Waals surface area contributed by atoms with Gasteiger partial charge < -0.3 is 14.8 Å². The number of hydrogen-bond donors (Lipinski definition) is 1. The SMILES string of the molecule is CCC(C)NCCOCCOc1cc(C)c(Cl)c(C)c1. The largest absolute Gasteiger partial charge is 0.491 e. The van der Waals surface area contributed by atoms with Crippen LogP contribution in [0.2, 0.25) is 5.02 Å². The molecule has 0 saturated carbocycles. The molecular formula is C16H26ClNO2. The van der Waals surface area contributed by atoms with Gasteiger partial charge in [0, 0.05) is 17.6 Å². The number of ether oxygens (including phenoxy) is 2. The van der Waals surface area contributed by atoms with Crippen LogP contribution in [0.1, 0.15) is 31.4 Å². The molecule has 0 amide bonds. The van der Waals surface area contributed by atoms with Gasteiger partial charge >= 0.3 is 0 Å². The van der Waals surface area contributed by atoms with E-state index in [1.54, 1.807) is 0 Å². The Morgan fingerprint density at radius 3 is 2.40 bits per heavy atom. The predicted molar refractivity (Wildman–Crippen MR) is 85.0 cm³/mol. The highest BCUT2D eigenvalue weighted by Crippen LogP contribution is 2.25. The first-order chi connectivity index (χ1) is 9.54. The molecule has 0 fully saturated rings. The van der Waals surface area contributed by atoms with Crippen LogP contribution in [-0.4, -0.2) is 32.4 Å². The lowest BCUT2D eigenvalue weighted by Gasteiger charge is -2.12. The third-order valence-corrected chi connectivity index (χ3v) is 3.85. The number of aryl methyl sites for hydroxylation is 2. The van der Waals surface area contributed by atoms with Crippen LogP contribution in [-0.2, 0) is 4.74 Å². The van der Waals surface area contributed by atoms with Crippen LogP contribution in [0.3, 0.4) is 0 Å². The van der Waals surface area contributed by atoms with E-state index < -0.39 is 0 Å². The molecule has 0 aliphatic rings. The van der Waals surface area contributed by atoms with Gasteiger partial charge in [0.2, 0.25) is 0 Å². The quantitative estimate of drug-likeness (QED) is 0.705. The minimum Gasteiger partial charge on any atom is -0.491 e. The van der Waals surface area contributed by atoms with Crippen LogP contribution >= 0.6 is 11.6 Å². The minimum absolute atomic E-state index is 0.551. The Balaban J connectivity index is 2.16. The van der Waals surface area contributed by atoms with E-state index in [2.05, 4.69) is 19.2 Å². The summed E-state index contributed by atoms with van der Waals surface area (Å²) in [7, 11) is 0. The smallest absolute Gasteiger partial charge is 0.120 e. The average Bonchev–Trinajstić information content (AvgIpc) is 2.43. The van der Waals surface area contributed by atoms with E-state index >= 15 is 0 Å². The van der Waals surface area contributed by atoms with E-state index in [0.29, 0.717) is 25.9 Å². The summed E-state index contributed by atoms with van der Waals surface area (Å²) in [5, 5.41) is 4.19. The van der Waals surface area contributed by atoms with Crippen LogP contribution < -0.4 is 10.1 Å². The van der Waals surface area contributed by atoms with Crippen LogP contribution in [0.4, 0.5) is 0 Å². The molecule has 1 rings (SSSR count). The van der Waals surface area contributed by atoms with E-state index in [4.69, 9.17) is 21.1 Å². The van der Waals surface area contributed by atoms with Gasteiger partial charge in [-0.3, -0.25) is 0 Å². The van der Waals surface area contributed by atoms with Gasteiger partial charge in [-0.15, -0.1) is 0 Å². The highest BCUT2D eigenvalue weighted by molar-refractivity contribution is 6.32. The molecule has 0 spiro atoms. The summed E-state index contributed by atoms with van der Waals surface area (Å²) in [5.41, 5.74) is 2.08. The van der Waals surface area contributed by atoms with Gasteiger partial charge in [-0.2, -0.15) is 0 Å². The van der Waals surface area contributed by atoms with Crippen molar-refractivity contribution in [3.63, 3.8) is 0 Å². The summed E-state index contributed by atoms with van der Waals surface area (Å²) in [4.78, 5) is 0. The van der Waals surface area contributed by atoms with Crippen LogP contribution in [0, 0.1) is 13.8 Å². The molecule has 1 atom stereocenters. The van der Waals surface area contributed by atoms with E-state index in [1.807, 2.05) is 26.0 Å². The van der Waals surface area contributed by atoms with Crippen molar-refractivity contribution >= 4 is 11.6 Å². The third-order valence-electron chi connectivity index (χ3n) is 3.26. The summed E-state index contributed by atoms with van der Waals surface area (Å²) in [6.07, 6.45) is 1.14. The Hall–Kier alpha value is -0.770. The topological polar surface area (TPSA) is 30.5 Å². The predicted octanol–water partition coefficient (Wildman–Crippen LogP) is 3.74. The van der Waals surface area contributed by atoms with Gasteiger partial charge in [0.1, 0.15) is 12.4 Å². The zero-order valence-corrected chi connectivity index (χ0v) is 13.7. The van der Waals surface area contributed by atoms with Crippen molar-refractivity contribution in [2.75, 3.05) is 26.4 Å². The summed E-state index contributed by atoms with van der Waals surface area (Å²) in [6, 6.07) is 4.47. The van der Waals surface area contributed by atoms with Crippen molar-refractivity contribution in [1.29, 1.82) is 0 Å². The molecule has 0 heterocycles. The molecule has 20 heavy (non-hydrogen) atoms. The molecule has 0 aliphatic carbocycles. The number of halogens is 1. The summed E-state index contributed by atoms with van der Waals surface area (Å²) in [6.45, 7) is 11.1. The van der Waals surface area contributed by atoms with Gasteiger partial charge in [0.25, 0.3) is 0 Å². The lowest BCUT2D eigenvalue weighted by Crippen LogP contribution is -2.29. The van der Waals surface area contributed by atoms with Gasteiger partial charge in [-0.1, -0.05) is 18.5 Å². The number of hydrogen-bond acceptors (Lipinski definition) is 3. The second-order valence-electron chi connectivity index (χ2n) is 5.10. The Morgan fingerprint density at radius 1 is 1.15 bits per heavy atom. The first kappa shape index (κ1) is 17.3. The maximum Gasteiger partial charge on any atom is 0.120 e. The fourth-order valence-electron chi connectivity index (χ4n) is 1.83. The van der Waals surface area contributed by atoms with Gasteiger partial charge in [0.05, 0.1) is 13.2 Å². The molecule has 0 saturated heterocycles. The fourth-order valence-corrected chi connectivity index (χ4v) is 1.94. The summed E-state index contributed by atoms with van der Waals surface area (Å²) < 4.78 is 11.2. The number of nitrogens with one attached hydrogen (secondary N) is 1. The van der Waals surface area contributed by atoms with Crippen molar-refractivity contribution in [1.82, 2.24) is 5.32 Å². The molecule has 4 heteroatoms. The highest BCUT2D eigenvalue weighted by Gasteiger charge is 2.03. The second kappa shape index (κ2) is 9.22. The van der Waals surface area contributed by atoms with Gasteiger partial charge in [-0.05, 0) is 50.5 Å². The van der Waals surface area contributed by atoms with Gasteiger partial charge in [0.15, 0.2) is 0 Å². The Morgan fingerprint density at radius 2 is 1.80 bits per heavy atom. The Labute approximate surface area is 127 Å². The normalized spacial score (nSPS) is 12.4. The molecule has 3 nitrogen and oxygen atoms in total. The standard InChI is InChI=1S/C16H26ClNO2/c1-5-14(4)18-6-7-19-8-9-20-15-10-12(2)16(17)13(3)11-15/h10-11,14,18H,5-9H2,1-4H3. The molecule has 0 bridgehead atoms. The van der Waals surface area contributed by atoms with E-state index in [-0.39, 0.29) is 0 Å². The molecule has 114 valence electrons. The van der Waals surface area contributed by atoms with Crippen LogP contribution in [0.25, 0.3) is 0 Å².